The van der Waals surface area contributed by atoms with E-state index in [4.69, 9.17) is 15.2 Å². The number of rotatable bonds is 8. The summed E-state index contributed by atoms with van der Waals surface area (Å²) in [4.78, 5) is 0. The van der Waals surface area contributed by atoms with Crippen LogP contribution in [-0.2, 0) is 6.42 Å². The SMILES string of the molecule is CCC(N)Cc1ccc(OCCCC(F)(F)F)c(OC)c1. The molecule has 1 rings (SSSR count). The minimum Gasteiger partial charge on any atom is -0.493 e. The zero-order chi connectivity index (χ0) is 15.9. The van der Waals surface area contributed by atoms with E-state index in [0.717, 1.165) is 18.4 Å². The molecular weight excluding hydrogens is 283 g/mol. The van der Waals surface area contributed by atoms with Crippen molar-refractivity contribution < 1.29 is 22.6 Å². The zero-order valence-electron chi connectivity index (χ0n) is 12.4. The molecule has 1 aromatic carbocycles. The lowest BCUT2D eigenvalue weighted by molar-refractivity contribution is -0.136. The van der Waals surface area contributed by atoms with Crippen molar-refractivity contribution in [2.75, 3.05) is 13.7 Å². The van der Waals surface area contributed by atoms with Crippen LogP contribution in [0.3, 0.4) is 0 Å². The van der Waals surface area contributed by atoms with Crippen LogP contribution in [-0.4, -0.2) is 25.9 Å². The monoisotopic (exact) mass is 305 g/mol. The van der Waals surface area contributed by atoms with Crippen LogP contribution in [0.25, 0.3) is 0 Å². The van der Waals surface area contributed by atoms with Crippen molar-refractivity contribution in [1.29, 1.82) is 0 Å². The van der Waals surface area contributed by atoms with E-state index in [1.54, 1.807) is 6.07 Å². The smallest absolute Gasteiger partial charge is 0.389 e. The second-order valence-electron chi connectivity index (χ2n) is 4.92. The van der Waals surface area contributed by atoms with Crippen molar-refractivity contribution in [2.24, 2.45) is 5.73 Å². The molecule has 0 spiro atoms. The minimum absolute atomic E-state index is 0.00366. The average molecular weight is 305 g/mol. The fourth-order valence-corrected chi connectivity index (χ4v) is 1.86. The van der Waals surface area contributed by atoms with Crippen LogP contribution in [0.15, 0.2) is 18.2 Å². The molecule has 120 valence electrons. The van der Waals surface area contributed by atoms with E-state index in [0.29, 0.717) is 11.5 Å². The maximum absolute atomic E-state index is 12.0. The molecule has 6 heteroatoms. The van der Waals surface area contributed by atoms with Gasteiger partial charge < -0.3 is 15.2 Å². The highest BCUT2D eigenvalue weighted by molar-refractivity contribution is 5.43. The molecule has 0 aliphatic rings. The van der Waals surface area contributed by atoms with Gasteiger partial charge in [-0.2, -0.15) is 13.2 Å². The summed E-state index contributed by atoms with van der Waals surface area (Å²) in [7, 11) is 1.50. The molecule has 0 saturated heterocycles. The number of alkyl halides is 3. The molecule has 0 aliphatic heterocycles. The van der Waals surface area contributed by atoms with Gasteiger partial charge in [0, 0.05) is 12.5 Å². The normalized spacial score (nSPS) is 13.0. The number of hydrogen-bond donors (Lipinski definition) is 1. The lowest BCUT2D eigenvalue weighted by atomic mass is 10.0. The molecule has 3 nitrogen and oxygen atoms in total. The summed E-state index contributed by atoms with van der Waals surface area (Å²) >= 11 is 0. The third-order valence-electron chi connectivity index (χ3n) is 3.11. The first-order valence-corrected chi connectivity index (χ1v) is 6.97. The molecule has 0 bridgehead atoms. The average Bonchev–Trinajstić information content (AvgIpc) is 2.43. The Morgan fingerprint density at radius 2 is 1.95 bits per heavy atom. The van der Waals surface area contributed by atoms with Gasteiger partial charge in [0.05, 0.1) is 13.7 Å². The number of methoxy groups -OCH3 is 1. The van der Waals surface area contributed by atoms with Crippen molar-refractivity contribution in [1.82, 2.24) is 0 Å². The van der Waals surface area contributed by atoms with Crippen LogP contribution in [0.4, 0.5) is 13.2 Å². The fourth-order valence-electron chi connectivity index (χ4n) is 1.86. The van der Waals surface area contributed by atoms with E-state index in [9.17, 15) is 13.2 Å². The van der Waals surface area contributed by atoms with E-state index in [1.165, 1.54) is 7.11 Å². The maximum Gasteiger partial charge on any atom is 0.389 e. The standard InChI is InChI=1S/C15H22F3NO2/c1-3-12(19)9-11-5-6-13(14(10-11)20-2)21-8-4-7-15(16,17)18/h5-6,10,12H,3-4,7-9,19H2,1-2H3. The fraction of sp³-hybridized carbons (Fsp3) is 0.600. The van der Waals surface area contributed by atoms with Crippen molar-refractivity contribution in [3.05, 3.63) is 23.8 Å². The molecule has 1 aromatic rings. The topological polar surface area (TPSA) is 44.5 Å². The lowest BCUT2D eigenvalue weighted by Crippen LogP contribution is -2.21. The first kappa shape index (κ1) is 17.6. The van der Waals surface area contributed by atoms with Gasteiger partial charge in [-0.3, -0.25) is 0 Å². The minimum atomic E-state index is -4.15. The molecule has 0 aliphatic carbocycles. The van der Waals surface area contributed by atoms with Crippen LogP contribution in [0.1, 0.15) is 31.7 Å². The maximum atomic E-state index is 12.0. The lowest BCUT2D eigenvalue weighted by Gasteiger charge is -2.14. The molecular formula is C15H22F3NO2. The van der Waals surface area contributed by atoms with E-state index in [1.807, 2.05) is 19.1 Å². The van der Waals surface area contributed by atoms with Gasteiger partial charge in [-0.05, 0) is 37.0 Å². The first-order valence-electron chi connectivity index (χ1n) is 6.97. The molecule has 0 saturated carbocycles. The summed E-state index contributed by atoms with van der Waals surface area (Å²) < 4.78 is 46.7. The highest BCUT2D eigenvalue weighted by Gasteiger charge is 2.26. The summed E-state index contributed by atoms with van der Waals surface area (Å²) in [6, 6.07) is 5.46. The molecule has 1 unspecified atom stereocenters. The van der Waals surface area contributed by atoms with Crippen molar-refractivity contribution in [2.45, 2.75) is 44.8 Å². The highest BCUT2D eigenvalue weighted by Crippen LogP contribution is 2.29. The number of ether oxygens (including phenoxy) is 2. The van der Waals surface area contributed by atoms with Gasteiger partial charge in [0.25, 0.3) is 0 Å². The van der Waals surface area contributed by atoms with Gasteiger partial charge in [0.2, 0.25) is 0 Å². The van der Waals surface area contributed by atoms with Crippen LogP contribution in [0, 0.1) is 0 Å². The molecule has 21 heavy (non-hydrogen) atoms. The van der Waals surface area contributed by atoms with Crippen LogP contribution in [0.5, 0.6) is 11.5 Å². The van der Waals surface area contributed by atoms with Crippen LogP contribution < -0.4 is 15.2 Å². The third-order valence-corrected chi connectivity index (χ3v) is 3.11. The summed E-state index contributed by atoms with van der Waals surface area (Å²) in [5.74, 6) is 0.969. The molecule has 0 heterocycles. The van der Waals surface area contributed by atoms with E-state index in [-0.39, 0.29) is 19.1 Å². The van der Waals surface area contributed by atoms with Crippen molar-refractivity contribution in [3.8, 4) is 11.5 Å². The van der Waals surface area contributed by atoms with Gasteiger partial charge in [-0.15, -0.1) is 0 Å². The molecule has 0 amide bonds. The zero-order valence-corrected chi connectivity index (χ0v) is 12.4. The summed E-state index contributed by atoms with van der Waals surface area (Å²) in [6.45, 7) is 2.02. The number of nitrogens with two attached hydrogens (primary N) is 1. The quantitative estimate of drug-likeness (QED) is 0.745. The number of benzene rings is 1. The predicted octanol–water partition coefficient (Wildman–Crippen LogP) is 3.70. The van der Waals surface area contributed by atoms with Gasteiger partial charge >= 0.3 is 6.18 Å². The van der Waals surface area contributed by atoms with Gasteiger partial charge in [-0.1, -0.05) is 13.0 Å². The molecule has 1 atom stereocenters. The van der Waals surface area contributed by atoms with E-state index >= 15 is 0 Å². The van der Waals surface area contributed by atoms with Crippen LogP contribution in [0.2, 0.25) is 0 Å². The second-order valence-corrected chi connectivity index (χ2v) is 4.92. The Morgan fingerprint density at radius 3 is 2.52 bits per heavy atom. The summed E-state index contributed by atoms with van der Waals surface area (Å²) in [5, 5.41) is 0. The van der Waals surface area contributed by atoms with E-state index < -0.39 is 12.6 Å². The number of halogens is 3. The van der Waals surface area contributed by atoms with Crippen molar-refractivity contribution >= 4 is 0 Å². The Kier molecular flexibility index (Phi) is 6.81. The largest absolute Gasteiger partial charge is 0.493 e. The summed E-state index contributed by atoms with van der Waals surface area (Å²) in [6.07, 6.45) is -3.47. The molecule has 0 aromatic heterocycles. The second kappa shape index (κ2) is 8.12. The predicted molar refractivity (Wildman–Crippen MR) is 75.7 cm³/mol. The molecule has 0 radical (unpaired) electrons. The summed E-state index contributed by atoms with van der Waals surface area (Å²) in [5.41, 5.74) is 6.91. The Bertz CT molecular complexity index is 435. The Labute approximate surface area is 123 Å². The number of hydrogen-bond acceptors (Lipinski definition) is 3. The van der Waals surface area contributed by atoms with E-state index in [2.05, 4.69) is 0 Å². The Morgan fingerprint density at radius 1 is 1.24 bits per heavy atom. The Balaban J connectivity index is 2.58. The van der Waals surface area contributed by atoms with Crippen LogP contribution >= 0.6 is 0 Å². The molecule has 0 fully saturated rings. The molecule has 2 N–H and O–H groups in total. The van der Waals surface area contributed by atoms with Crippen molar-refractivity contribution in [3.63, 3.8) is 0 Å². The van der Waals surface area contributed by atoms with Gasteiger partial charge in [-0.25, -0.2) is 0 Å². The van der Waals surface area contributed by atoms with Gasteiger partial charge in [0.1, 0.15) is 0 Å². The third kappa shape index (κ3) is 6.71. The van der Waals surface area contributed by atoms with Gasteiger partial charge in [0.15, 0.2) is 11.5 Å². The Hall–Kier alpha value is -1.43. The highest BCUT2D eigenvalue weighted by atomic mass is 19.4. The first-order chi connectivity index (χ1) is 9.85.